The van der Waals surface area contributed by atoms with Gasteiger partial charge in [0.2, 0.25) is 0 Å². The molecule has 0 unspecified atom stereocenters. The Kier molecular flexibility index (Phi) is 6.16. The number of anilines is 1. The highest BCUT2D eigenvalue weighted by Gasteiger charge is 2.36. The average Bonchev–Trinajstić information content (AvgIpc) is 2.90. The summed E-state index contributed by atoms with van der Waals surface area (Å²) in [5, 5.41) is 0.149. The minimum Gasteiger partial charge on any atom is -0.494 e. The minimum absolute atomic E-state index is 0.274. The highest BCUT2D eigenvalue weighted by Crippen LogP contribution is 2.38. The molecule has 0 radical (unpaired) electrons. The molecule has 0 spiro atoms. The number of carbonyl (C=O) groups is 2. The van der Waals surface area contributed by atoms with Crippen molar-refractivity contribution in [2.75, 3.05) is 11.5 Å². The van der Waals surface area contributed by atoms with Crippen LogP contribution in [0, 0.1) is 6.92 Å². The quantitative estimate of drug-likeness (QED) is 0.529. The van der Waals surface area contributed by atoms with Crippen molar-refractivity contribution in [1.82, 2.24) is 0 Å². The molecule has 0 saturated carbocycles. The van der Waals surface area contributed by atoms with Crippen molar-refractivity contribution < 1.29 is 14.3 Å². The molecule has 1 aliphatic heterocycles. The van der Waals surface area contributed by atoms with Crippen molar-refractivity contribution in [2.45, 2.75) is 33.6 Å². The van der Waals surface area contributed by atoms with Crippen LogP contribution in [-0.4, -0.2) is 17.8 Å². The van der Waals surface area contributed by atoms with Crippen LogP contribution in [0.3, 0.4) is 0 Å². The molecule has 2 aromatic carbocycles. The zero-order valence-corrected chi connectivity index (χ0v) is 17.9. The van der Waals surface area contributed by atoms with Gasteiger partial charge in [0, 0.05) is 5.02 Å². The molecule has 0 aliphatic carbocycles. The van der Waals surface area contributed by atoms with Gasteiger partial charge in [-0.15, -0.1) is 0 Å². The van der Waals surface area contributed by atoms with Crippen LogP contribution in [0.5, 0.6) is 5.75 Å². The van der Waals surface area contributed by atoms with Crippen LogP contribution < -0.4 is 9.64 Å². The first-order valence-corrected chi connectivity index (χ1v) is 10.3. The number of nitrogens with zero attached hydrogens (tertiary/aromatic N) is 1. The predicted octanol–water partition coefficient (Wildman–Crippen LogP) is 6.41. The van der Waals surface area contributed by atoms with Crippen LogP contribution >= 0.6 is 23.4 Å². The SMILES string of the molecule is CCOc1cc(C)c(/C=C2/SC(=O)N(c3cccc(Cl)c3)C2=O)cc1C(C)C. The van der Waals surface area contributed by atoms with Gasteiger partial charge in [-0.05, 0) is 84.6 Å². The van der Waals surface area contributed by atoms with E-state index in [1.807, 2.05) is 26.0 Å². The lowest BCUT2D eigenvalue weighted by atomic mass is 9.96. The second kappa shape index (κ2) is 8.41. The first-order chi connectivity index (χ1) is 13.3. The summed E-state index contributed by atoms with van der Waals surface area (Å²) in [4.78, 5) is 26.9. The van der Waals surface area contributed by atoms with Gasteiger partial charge in [-0.25, -0.2) is 4.90 Å². The normalized spacial score (nSPS) is 15.8. The number of hydrogen-bond acceptors (Lipinski definition) is 4. The van der Waals surface area contributed by atoms with E-state index in [9.17, 15) is 9.59 Å². The summed E-state index contributed by atoms with van der Waals surface area (Å²) < 4.78 is 5.76. The zero-order chi connectivity index (χ0) is 20.4. The maximum Gasteiger partial charge on any atom is 0.298 e. The van der Waals surface area contributed by atoms with E-state index in [-0.39, 0.29) is 17.1 Å². The second-order valence-electron chi connectivity index (χ2n) is 6.83. The van der Waals surface area contributed by atoms with E-state index < -0.39 is 0 Å². The summed E-state index contributed by atoms with van der Waals surface area (Å²) >= 11 is 6.95. The van der Waals surface area contributed by atoms with E-state index in [4.69, 9.17) is 16.3 Å². The van der Waals surface area contributed by atoms with Gasteiger partial charge in [-0.3, -0.25) is 9.59 Å². The maximum absolute atomic E-state index is 12.9. The van der Waals surface area contributed by atoms with E-state index in [1.165, 1.54) is 0 Å². The third kappa shape index (κ3) is 4.10. The van der Waals surface area contributed by atoms with E-state index in [1.54, 1.807) is 30.3 Å². The van der Waals surface area contributed by atoms with Crippen molar-refractivity contribution in [3.8, 4) is 5.75 Å². The van der Waals surface area contributed by atoms with Gasteiger partial charge in [0.15, 0.2) is 0 Å². The van der Waals surface area contributed by atoms with Gasteiger partial charge in [-0.2, -0.15) is 0 Å². The molecule has 2 amide bonds. The van der Waals surface area contributed by atoms with Crippen LogP contribution in [-0.2, 0) is 4.79 Å². The Hall–Kier alpha value is -2.24. The summed E-state index contributed by atoms with van der Waals surface area (Å²) in [5.41, 5.74) is 3.45. The molecule has 1 saturated heterocycles. The van der Waals surface area contributed by atoms with Crippen molar-refractivity contribution in [3.63, 3.8) is 0 Å². The highest BCUT2D eigenvalue weighted by atomic mass is 35.5. The van der Waals surface area contributed by atoms with Crippen molar-refractivity contribution in [3.05, 3.63) is 63.0 Å². The fraction of sp³-hybridized carbons (Fsp3) is 0.273. The molecule has 1 aliphatic rings. The van der Waals surface area contributed by atoms with Gasteiger partial charge < -0.3 is 4.74 Å². The minimum atomic E-state index is -0.336. The maximum atomic E-state index is 12.9. The fourth-order valence-electron chi connectivity index (χ4n) is 3.05. The Balaban J connectivity index is 1.99. The monoisotopic (exact) mass is 415 g/mol. The second-order valence-corrected chi connectivity index (χ2v) is 8.26. The Labute approximate surface area is 174 Å². The number of amides is 2. The number of aryl methyl sites for hydroxylation is 1. The van der Waals surface area contributed by atoms with E-state index in [2.05, 4.69) is 13.8 Å². The van der Waals surface area contributed by atoms with Crippen LogP contribution in [0.15, 0.2) is 41.3 Å². The number of carbonyl (C=O) groups excluding carboxylic acids is 2. The standard InChI is InChI=1S/C22H22ClNO3S/c1-5-27-19-9-14(4)15(10-18(19)13(2)3)11-20-21(25)24(22(26)28-20)17-8-6-7-16(23)12-17/h6-13H,5H2,1-4H3/b20-11+. The van der Waals surface area contributed by atoms with Crippen LogP contribution in [0.1, 0.15) is 43.4 Å². The van der Waals surface area contributed by atoms with Gasteiger partial charge in [0.25, 0.3) is 11.1 Å². The molecule has 146 valence electrons. The summed E-state index contributed by atoms with van der Waals surface area (Å²) in [5.74, 6) is 0.798. The largest absolute Gasteiger partial charge is 0.494 e. The van der Waals surface area contributed by atoms with Gasteiger partial charge in [0.1, 0.15) is 5.75 Å². The molecule has 3 rings (SSSR count). The third-order valence-corrected chi connectivity index (χ3v) is 5.57. The highest BCUT2D eigenvalue weighted by molar-refractivity contribution is 8.19. The average molecular weight is 416 g/mol. The Morgan fingerprint density at radius 2 is 1.96 bits per heavy atom. The molecule has 0 atom stereocenters. The lowest BCUT2D eigenvalue weighted by Crippen LogP contribution is -2.27. The summed E-state index contributed by atoms with van der Waals surface area (Å²) in [6.07, 6.45) is 1.78. The lowest BCUT2D eigenvalue weighted by molar-refractivity contribution is -0.113. The molecular weight excluding hydrogens is 394 g/mol. The van der Waals surface area contributed by atoms with E-state index in [0.29, 0.717) is 22.2 Å². The number of rotatable bonds is 5. The Morgan fingerprint density at radius 3 is 2.61 bits per heavy atom. The number of benzene rings is 2. The number of hydrogen-bond donors (Lipinski definition) is 0. The van der Waals surface area contributed by atoms with Crippen molar-refractivity contribution in [2.24, 2.45) is 0 Å². The molecule has 1 heterocycles. The summed E-state index contributed by atoms with van der Waals surface area (Å²) in [6.45, 7) is 8.73. The number of thioether (sulfide) groups is 1. The lowest BCUT2D eigenvalue weighted by Gasteiger charge is -2.16. The van der Waals surface area contributed by atoms with Gasteiger partial charge in [-0.1, -0.05) is 31.5 Å². The van der Waals surface area contributed by atoms with Gasteiger partial charge >= 0.3 is 0 Å². The smallest absolute Gasteiger partial charge is 0.298 e. The molecule has 0 N–H and O–H groups in total. The zero-order valence-electron chi connectivity index (χ0n) is 16.3. The number of ether oxygens (including phenoxy) is 1. The first kappa shape index (κ1) is 20.5. The van der Waals surface area contributed by atoms with Gasteiger partial charge in [0.05, 0.1) is 17.2 Å². The molecular formula is C22H22ClNO3S. The summed E-state index contributed by atoms with van der Waals surface area (Å²) in [6, 6.07) is 10.8. The Morgan fingerprint density at radius 1 is 1.21 bits per heavy atom. The number of halogens is 1. The fourth-order valence-corrected chi connectivity index (χ4v) is 4.07. The topological polar surface area (TPSA) is 46.6 Å². The van der Waals surface area contributed by atoms with E-state index >= 15 is 0 Å². The van der Waals surface area contributed by atoms with Crippen LogP contribution in [0.4, 0.5) is 10.5 Å². The molecule has 0 aromatic heterocycles. The third-order valence-electron chi connectivity index (χ3n) is 4.47. The molecule has 2 aromatic rings. The van der Waals surface area contributed by atoms with Crippen LogP contribution in [0.25, 0.3) is 6.08 Å². The molecule has 1 fully saturated rings. The van der Waals surface area contributed by atoms with Crippen molar-refractivity contribution in [1.29, 1.82) is 0 Å². The molecule has 28 heavy (non-hydrogen) atoms. The summed E-state index contributed by atoms with van der Waals surface area (Å²) in [7, 11) is 0. The number of imide groups is 1. The Bertz CT molecular complexity index is 968. The first-order valence-electron chi connectivity index (χ1n) is 9.12. The molecule has 0 bridgehead atoms. The van der Waals surface area contributed by atoms with Crippen LogP contribution in [0.2, 0.25) is 5.02 Å². The predicted molar refractivity (Wildman–Crippen MR) is 116 cm³/mol. The van der Waals surface area contributed by atoms with Crippen molar-refractivity contribution >= 4 is 46.3 Å². The molecule has 4 nitrogen and oxygen atoms in total. The molecule has 6 heteroatoms. The van der Waals surface area contributed by atoms with E-state index in [0.717, 1.165) is 39.1 Å².